The number of benzene rings is 2. The van der Waals surface area contributed by atoms with Gasteiger partial charge in [-0.15, -0.1) is 13.2 Å². The lowest BCUT2D eigenvalue weighted by molar-refractivity contribution is -0.274. The van der Waals surface area contributed by atoms with E-state index in [2.05, 4.69) is 42.4 Å². The molecule has 2 aliphatic heterocycles. The van der Waals surface area contributed by atoms with Crippen LogP contribution in [0.2, 0.25) is 5.02 Å². The monoisotopic (exact) mass is 621 g/mol. The van der Waals surface area contributed by atoms with Crippen molar-refractivity contribution in [1.82, 2.24) is 14.9 Å². The number of alkyl halides is 3. The summed E-state index contributed by atoms with van der Waals surface area (Å²) in [6.45, 7) is 4.62. The third-order valence-electron chi connectivity index (χ3n) is 8.17. The second kappa shape index (κ2) is 11.3. The van der Waals surface area contributed by atoms with Gasteiger partial charge in [0.15, 0.2) is 5.82 Å². The Morgan fingerprint density at radius 2 is 1.76 bits per heavy atom. The number of halogens is 4. The van der Waals surface area contributed by atoms with Crippen molar-refractivity contribution < 1.29 is 27.2 Å². The Balaban J connectivity index is 1.18. The molecule has 13 heteroatoms. The Labute approximate surface area is 247 Å². The largest absolute Gasteiger partial charge is 0.573 e. The molecule has 0 amide bonds. The second-order valence-corrected chi connectivity index (χ2v) is 15.1. The van der Waals surface area contributed by atoms with Gasteiger partial charge in [0.2, 0.25) is 5.95 Å². The van der Waals surface area contributed by atoms with E-state index in [4.69, 9.17) is 16.3 Å². The molecule has 0 radical (unpaired) electrons. The van der Waals surface area contributed by atoms with Crippen molar-refractivity contribution in [3.63, 3.8) is 0 Å². The first-order valence-corrected chi connectivity index (χ1v) is 16.9. The number of hydrogen-bond acceptors (Lipinski definition) is 8. The van der Waals surface area contributed by atoms with E-state index < -0.39 is 19.3 Å². The van der Waals surface area contributed by atoms with E-state index in [1.807, 2.05) is 6.07 Å². The molecule has 3 heterocycles. The highest BCUT2D eigenvalue weighted by atomic mass is 35.5. The van der Waals surface area contributed by atoms with Gasteiger partial charge in [-0.3, -0.25) is 4.90 Å². The van der Waals surface area contributed by atoms with Gasteiger partial charge in [-0.1, -0.05) is 17.7 Å². The molecule has 6 rings (SSSR count). The molecule has 2 aromatic carbocycles. The van der Waals surface area contributed by atoms with Gasteiger partial charge in [0.25, 0.3) is 0 Å². The number of rotatable bonds is 7. The Bertz CT molecular complexity index is 1520. The molecule has 8 nitrogen and oxygen atoms in total. The van der Waals surface area contributed by atoms with Crippen LogP contribution in [-0.4, -0.2) is 65.9 Å². The van der Waals surface area contributed by atoms with Crippen LogP contribution in [0.3, 0.4) is 0 Å². The maximum Gasteiger partial charge on any atom is 0.573 e. The van der Waals surface area contributed by atoms with Crippen molar-refractivity contribution in [2.45, 2.75) is 56.6 Å². The fraction of sp³-hybridized carbons (Fsp3) is 0.448. The fourth-order valence-electron chi connectivity index (χ4n) is 6.26. The standard InChI is InChI=1S/C29H32ClF3N5O3P/c1-42(2,39)26-13-23(41-29(31,32)33)9-10-25(26)36-27-24(30)14-34-28(37-27)35-19-6-3-17-4-7-20(8-5-18(17)11-19)38-21-12-22(38)16-40-15-21/h3,6,9-11,13-14,20-22H,4-5,7-8,12,15-16H2,1-2H3,(H2,34,35,36,37)/t20-,21?,22?/m0/s1. The summed E-state index contributed by atoms with van der Waals surface area (Å²) in [6.07, 6.45) is 2.11. The van der Waals surface area contributed by atoms with E-state index in [-0.39, 0.29) is 22.1 Å². The minimum Gasteiger partial charge on any atom is -0.406 e. The maximum atomic E-state index is 12.9. The minimum atomic E-state index is -4.87. The highest BCUT2D eigenvalue weighted by molar-refractivity contribution is 7.70. The van der Waals surface area contributed by atoms with Gasteiger partial charge >= 0.3 is 6.36 Å². The Morgan fingerprint density at radius 3 is 2.45 bits per heavy atom. The first-order chi connectivity index (χ1) is 19.9. The minimum absolute atomic E-state index is 0.173. The van der Waals surface area contributed by atoms with Gasteiger partial charge in [-0.2, -0.15) is 4.98 Å². The van der Waals surface area contributed by atoms with Crippen LogP contribution in [0.5, 0.6) is 5.75 Å². The van der Waals surface area contributed by atoms with Crippen molar-refractivity contribution in [2.75, 3.05) is 37.2 Å². The van der Waals surface area contributed by atoms with Crippen LogP contribution < -0.4 is 20.7 Å². The van der Waals surface area contributed by atoms with E-state index in [1.54, 1.807) is 0 Å². The third-order valence-corrected chi connectivity index (χ3v) is 9.97. The molecule has 1 aromatic heterocycles. The fourth-order valence-corrected chi connectivity index (χ4v) is 7.55. The average Bonchev–Trinajstić information content (AvgIpc) is 3.12. The number of nitrogens with zero attached hydrogens (tertiary/aromatic N) is 3. The topological polar surface area (TPSA) is 88.6 Å². The normalized spacial score (nSPS) is 22.5. The predicted octanol–water partition coefficient (Wildman–Crippen LogP) is 6.48. The molecule has 3 aliphatic rings. The van der Waals surface area contributed by atoms with Crippen LogP contribution in [-0.2, 0) is 22.1 Å². The summed E-state index contributed by atoms with van der Waals surface area (Å²) in [6, 6.07) is 11.7. The number of aromatic nitrogens is 2. The van der Waals surface area contributed by atoms with Crippen molar-refractivity contribution in [3.05, 3.63) is 58.7 Å². The van der Waals surface area contributed by atoms with Crippen LogP contribution in [0, 0.1) is 0 Å². The zero-order valence-electron chi connectivity index (χ0n) is 23.2. The molecule has 0 spiro atoms. The van der Waals surface area contributed by atoms with Crippen molar-refractivity contribution in [2.24, 2.45) is 0 Å². The molecular weight excluding hydrogens is 590 g/mol. The maximum absolute atomic E-state index is 12.9. The van der Waals surface area contributed by atoms with Crippen LogP contribution in [0.4, 0.5) is 36.3 Å². The molecular formula is C29H32ClF3N5O3P. The molecule has 0 saturated carbocycles. The first-order valence-electron chi connectivity index (χ1n) is 13.9. The van der Waals surface area contributed by atoms with E-state index >= 15 is 0 Å². The van der Waals surface area contributed by atoms with Crippen molar-refractivity contribution in [3.8, 4) is 5.75 Å². The first kappa shape index (κ1) is 29.2. The molecule has 1 aliphatic carbocycles. The molecule has 2 fully saturated rings. The summed E-state index contributed by atoms with van der Waals surface area (Å²) in [5.41, 5.74) is 3.82. The molecule has 2 saturated heterocycles. The van der Waals surface area contributed by atoms with Crippen LogP contribution in [0.15, 0.2) is 42.6 Å². The Kier molecular flexibility index (Phi) is 7.89. The molecule has 3 atom stereocenters. The molecule has 3 aromatic rings. The molecule has 42 heavy (non-hydrogen) atoms. The van der Waals surface area contributed by atoms with Crippen molar-refractivity contribution in [1.29, 1.82) is 0 Å². The summed E-state index contributed by atoms with van der Waals surface area (Å²) in [7, 11) is -3.02. The van der Waals surface area contributed by atoms with Gasteiger partial charge in [-0.25, -0.2) is 4.98 Å². The molecule has 224 valence electrons. The summed E-state index contributed by atoms with van der Waals surface area (Å²) >= 11 is 6.37. The zero-order chi connectivity index (χ0) is 29.6. The number of nitrogens with one attached hydrogen (secondary N) is 2. The van der Waals surface area contributed by atoms with Gasteiger partial charge in [0.05, 0.1) is 25.1 Å². The average molecular weight is 622 g/mol. The predicted molar refractivity (Wildman–Crippen MR) is 158 cm³/mol. The lowest BCUT2D eigenvalue weighted by Gasteiger charge is -2.56. The van der Waals surface area contributed by atoms with Crippen LogP contribution in [0.1, 0.15) is 30.4 Å². The smallest absolute Gasteiger partial charge is 0.406 e. The summed E-state index contributed by atoms with van der Waals surface area (Å²) < 4.78 is 60.9. The second-order valence-electron chi connectivity index (χ2n) is 11.5. The SMILES string of the molecule is CP(C)(=O)c1cc(OC(F)(F)F)ccc1Nc1nc(Nc2ccc3c(c2)CC[C@@H](N2C4COCC2C4)CC3)ncc1Cl. The van der Waals surface area contributed by atoms with E-state index in [0.717, 1.165) is 56.7 Å². The number of aryl methyl sites for hydroxylation is 2. The zero-order valence-corrected chi connectivity index (χ0v) is 24.9. The summed E-state index contributed by atoms with van der Waals surface area (Å²) in [4.78, 5) is 11.5. The van der Waals surface area contributed by atoms with Crippen LogP contribution in [0.25, 0.3) is 0 Å². The Hall–Kier alpha value is -2.85. The van der Waals surface area contributed by atoms with Gasteiger partial charge in [0, 0.05) is 29.1 Å². The highest BCUT2D eigenvalue weighted by Gasteiger charge is 2.45. The lowest BCUT2D eigenvalue weighted by Crippen LogP contribution is -2.66. The third kappa shape index (κ3) is 6.39. The van der Waals surface area contributed by atoms with Crippen molar-refractivity contribution >= 4 is 47.2 Å². The number of hydrogen-bond donors (Lipinski definition) is 2. The van der Waals surface area contributed by atoms with Gasteiger partial charge in [-0.05, 0) is 86.9 Å². The number of morpholine rings is 1. The quantitative estimate of drug-likeness (QED) is 0.229. The highest BCUT2D eigenvalue weighted by Crippen LogP contribution is 2.41. The Morgan fingerprint density at radius 1 is 1.02 bits per heavy atom. The molecule has 2 N–H and O–H groups in total. The molecule has 2 bridgehead atoms. The summed E-state index contributed by atoms with van der Waals surface area (Å²) in [5, 5.41) is 6.63. The van der Waals surface area contributed by atoms with E-state index in [0.29, 0.717) is 23.8 Å². The van der Waals surface area contributed by atoms with Gasteiger partial charge < -0.3 is 24.7 Å². The lowest BCUT2D eigenvalue weighted by atomic mass is 9.87. The molecule has 2 unspecified atom stereocenters. The van der Waals surface area contributed by atoms with E-state index in [9.17, 15) is 17.7 Å². The van der Waals surface area contributed by atoms with Crippen LogP contribution >= 0.6 is 18.7 Å². The summed E-state index contributed by atoms with van der Waals surface area (Å²) in [5.74, 6) is 0.0472. The number of fused-ring (bicyclic) bond motifs is 3. The van der Waals surface area contributed by atoms with E-state index in [1.165, 1.54) is 43.1 Å². The van der Waals surface area contributed by atoms with Gasteiger partial charge in [0.1, 0.15) is 17.9 Å². The number of ether oxygens (including phenoxy) is 2. The number of anilines is 4.